The van der Waals surface area contributed by atoms with Gasteiger partial charge in [-0.05, 0) is 51.9 Å². The number of halogens is 1. The molecule has 0 spiro atoms. The molecule has 0 amide bonds. The van der Waals surface area contributed by atoms with Crippen molar-refractivity contribution in [3.05, 3.63) is 28.2 Å². The molecule has 3 heteroatoms. The van der Waals surface area contributed by atoms with Gasteiger partial charge < -0.3 is 10.2 Å². The lowest BCUT2D eigenvalue weighted by Crippen LogP contribution is -2.31. The van der Waals surface area contributed by atoms with Crippen LogP contribution in [0.15, 0.2) is 22.7 Å². The molecule has 1 aromatic carbocycles. The molecule has 1 unspecified atom stereocenters. The first-order valence-electron chi connectivity index (χ1n) is 7.74. The second-order valence-electron chi connectivity index (χ2n) is 5.71. The number of anilines is 1. The van der Waals surface area contributed by atoms with Crippen LogP contribution < -0.4 is 10.2 Å². The molecule has 0 bridgehead atoms. The molecule has 1 atom stereocenters. The number of rotatable bonds is 8. The summed E-state index contributed by atoms with van der Waals surface area (Å²) in [5.74, 6) is 0. The lowest BCUT2D eigenvalue weighted by Gasteiger charge is -2.30. The van der Waals surface area contributed by atoms with Gasteiger partial charge in [0.1, 0.15) is 0 Å². The van der Waals surface area contributed by atoms with Crippen LogP contribution in [-0.4, -0.2) is 19.6 Å². The predicted molar refractivity (Wildman–Crippen MR) is 93.6 cm³/mol. The standard InChI is InChI=1S/C17H29BrN2/c1-6-7-8-11-20(13(2)3)15-9-10-16(14(4)19-5)17(18)12-15/h9-10,12-14,19H,6-8,11H2,1-5H3. The summed E-state index contributed by atoms with van der Waals surface area (Å²) in [6, 6.07) is 7.64. The molecular formula is C17H29BrN2. The van der Waals surface area contributed by atoms with Crippen molar-refractivity contribution >= 4 is 21.6 Å². The maximum atomic E-state index is 3.72. The van der Waals surface area contributed by atoms with Gasteiger partial charge in [0.05, 0.1) is 0 Å². The monoisotopic (exact) mass is 340 g/mol. The second kappa shape index (κ2) is 8.68. The van der Waals surface area contributed by atoms with Crippen molar-refractivity contribution in [1.29, 1.82) is 0 Å². The Morgan fingerprint density at radius 1 is 1.20 bits per heavy atom. The number of nitrogens with one attached hydrogen (secondary N) is 1. The van der Waals surface area contributed by atoms with Crippen LogP contribution in [0.5, 0.6) is 0 Å². The molecule has 0 saturated carbocycles. The highest BCUT2D eigenvalue weighted by Crippen LogP contribution is 2.29. The summed E-state index contributed by atoms with van der Waals surface area (Å²) in [5.41, 5.74) is 2.63. The van der Waals surface area contributed by atoms with E-state index in [1.165, 1.54) is 35.0 Å². The Hall–Kier alpha value is -0.540. The summed E-state index contributed by atoms with van der Waals surface area (Å²) in [6.07, 6.45) is 3.84. The quantitative estimate of drug-likeness (QED) is 0.659. The van der Waals surface area contributed by atoms with Gasteiger partial charge in [-0.2, -0.15) is 0 Å². The van der Waals surface area contributed by atoms with E-state index in [0.29, 0.717) is 12.1 Å². The molecular weight excluding hydrogens is 312 g/mol. The minimum absolute atomic E-state index is 0.367. The van der Waals surface area contributed by atoms with E-state index in [9.17, 15) is 0 Å². The van der Waals surface area contributed by atoms with Gasteiger partial charge in [-0.1, -0.05) is 41.8 Å². The zero-order chi connectivity index (χ0) is 15.1. The Morgan fingerprint density at radius 2 is 1.90 bits per heavy atom. The highest BCUT2D eigenvalue weighted by molar-refractivity contribution is 9.10. The molecule has 1 N–H and O–H groups in total. The third kappa shape index (κ3) is 4.78. The van der Waals surface area contributed by atoms with Crippen molar-refractivity contribution in [2.24, 2.45) is 0 Å². The van der Waals surface area contributed by atoms with E-state index in [0.717, 1.165) is 6.54 Å². The Kier molecular flexibility index (Phi) is 7.60. The largest absolute Gasteiger partial charge is 0.369 e. The second-order valence-corrected chi connectivity index (χ2v) is 6.56. The van der Waals surface area contributed by atoms with Crippen LogP contribution >= 0.6 is 15.9 Å². The fraction of sp³-hybridized carbons (Fsp3) is 0.647. The van der Waals surface area contributed by atoms with Crippen LogP contribution in [0, 0.1) is 0 Å². The Labute approximate surface area is 133 Å². The molecule has 0 aliphatic rings. The number of hydrogen-bond acceptors (Lipinski definition) is 2. The number of hydrogen-bond donors (Lipinski definition) is 1. The average molecular weight is 341 g/mol. The number of unbranched alkanes of at least 4 members (excludes halogenated alkanes) is 2. The zero-order valence-electron chi connectivity index (χ0n) is 13.5. The molecule has 0 aliphatic carbocycles. The molecule has 0 heterocycles. The summed E-state index contributed by atoms with van der Waals surface area (Å²) >= 11 is 3.72. The maximum Gasteiger partial charge on any atom is 0.0380 e. The molecule has 2 nitrogen and oxygen atoms in total. The highest BCUT2D eigenvalue weighted by atomic mass is 79.9. The van der Waals surface area contributed by atoms with E-state index in [4.69, 9.17) is 0 Å². The van der Waals surface area contributed by atoms with Crippen LogP contribution in [0.4, 0.5) is 5.69 Å². The molecule has 0 radical (unpaired) electrons. The van der Waals surface area contributed by atoms with E-state index in [1.807, 2.05) is 7.05 Å². The number of benzene rings is 1. The van der Waals surface area contributed by atoms with E-state index in [-0.39, 0.29) is 0 Å². The SMILES string of the molecule is CCCCCN(c1ccc(C(C)NC)c(Br)c1)C(C)C. The predicted octanol–water partition coefficient (Wildman–Crippen LogP) is 5.13. The van der Waals surface area contributed by atoms with Crippen LogP contribution in [-0.2, 0) is 0 Å². The molecule has 1 rings (SSSR count). The Bertz CT molecular complexity index is 404. The summed E-state index contributed by atoms with van der Waals surface area (Å²) < 4.78 is 1.19. The molecule has 0 fully saturated rings. The van der Waals surface area contributed by atoms with Crippen LogP contribution in [0.25, 0.3) is 0 Å². The Morgan fingerprint density at radius 3 is 2.40 bits per heavy atom. The molecule has 0 saturated heterocycles. The molecule has 20 heavy (non-hydrogen) atoms. The van der Waals surface area contributed by atoms with Crippen molar-refractivity contribution in [3.8, 4) is 0 Å². The van der Waals surface area contributed by atoms with Gasteiger partial charge in [0, 0.05) is 28.8 Å². The molecule has 1 aromatic rings. The van der Waals surface area contributed by atoms with Gasteiger partial charge in [-0.15, -0.1) is 0 Å². The maximum absolute atomic E-state index is 3.72. The molecule has 114 valence electrons. The van der Waals surface area contributed by atoms with E-state index in [1.54, 1.807) is 0 Å². The first-order chi connectivity index (χ1) is 9.51. The Balaban J connectivity index is 2.89. The number of nitrogens with zero attached hydrogens (tertiary/aromatic N) is 1. The van der Waals surface area contributed by atoms with Crippen molar-refractivity contribution in [2.75, 3.05) is 18.5 Å². The smallest absolute Gasteiger partial charge is 0.0380 e. The minimum atomic E-state index is 0.367. The van der Waals surface area contributed by atoms with Gasteiger partial charge in [0.25, 0.3) is 0 Å². The van der Waals surface area contributed by atoms with E-state index < -0.39 is 0 Å². The third-order valence-corrected chi connectivity index (χ3v) is 4.53. The van der Waals surface area contributed by atoms with Crippen LogP contribution in [0.1, 0.15) is 58.6 Å². The van der Waals surface area contributed by atoms with E-state index in [2.05, 4.69) is 72.0 Å². The molecule has 0 aliphatic heterocycles. The van der Waals surface area contributed by atoms with Gasteiger partial charge in [-0.3, -0.25) is 0 Å². The van der Waals surface area contributed by atoms with Crippen molar-refractivity contribution < 1.29 is 0 Å². The van der Waals surface area contributed by atoms with Crippen LogP contribution in [0.2, 0.25) is 0 Å². The van der Waals surface area contributed by atoms with Crippen molar-refractivity contribution in [1.82, 2.24) is 5.32 Å². The minimum Gasteiger partial charge on any atom is -0.369 e. The molecule has 0 aromatic heterocycles. The summed E-state index contributed by atoms with van der Waals surface area (Å²) in [6.45, 7) is 10.1. The van der Waals surface area contributed by atoms with Crippen molar-refractivity contribution in [3.63, 3.8) is 0 Å². The normalized spacial score (nSPS) is 12.8. The lowest BCUT2D eigenvalue weighted by atomic mass is 10.1. The van der Waals surface area contributed by atoms with Crippen LogP contribution in [0.3, 0.4) is 0 Å². The first-order valence-corrected chi connectivity index (χ1v) is 8.53. The third-order valence-electron chi connectivity index (χ3n) is 3.84. The zero-order valence-corrected chi connectivity index (χ0v) is 15.1. The summed E-state index contributed by atoms with van der Waals surface area (Å²) in [4.78, 5) is 2.49. The highest BCUT2D eigenvalue weighted by Gasteiger charge is 2.13. The summed E-state index contributed by atoms with van der Waals surface area (Å²) in [7, 11) is 2.00. The van der Waals surface area contributed by atoms with Gasteiger partial charge >= 0.3 is 0 Å². The average Bonchev–Trinajstić information content (AvgIpc) is 2.42. The van der Waals surface area contributed by atoms with Crippen molar-refractivity contribution in [2.45, 2.75) is 59.0 Å². The van der Waals surface area contributed by atoms with Gasteiger partial charge in [0.15, 0.2) is 0 Å². The fourth-order valence-corrected chi connectivity index (χ4v) is 3.13. The fourth-order valence-electron chi connectivity index (χ4n) is 2.42. The summed E-state index contributed by atoms with van der Waals surface area (Å²) in [5, 5.41) is 3.29. The van der Waals surface area contributed by atoms with Gasteiger partial charge in [-0.25, -0.2) is 0 Å². The van der Waals surface area contributed by atoms with E-state index >= 15 is 0 Å². The lowest BCUT2D eigenvalue weighted by molar-refractivity contribution is 0.624. The van der Waals surface area contributed by atoms with Gasteiger partial charge in [0.2, 0.25) is 0 Å². The topological polar surface area (TPSA) is 15.3 Å². The first kappa shape index (κ1) is 17.5.